The molecule has 0 saturated heterocycles. The molecule has 0 aromatic carbocycles. The fourth-order valence-corrected chi connectivity index (χ4v) is 4.43. The van der Waals surface area contributed by atoms with Crippen LogP contribution in [0.1, 0.15) is 60.7 Å². The molecule has 5 rings (SSSR count). The van der Waals surface area contributed by atoms with E-state index in [1.165, 1.54) is 54.4 Å². The van der Waals surface area contributed by atoms with Gasteiger partial charge in [-0.2, -0.15) is 5.10 Å². The zero-order valence-electron chi connectivity index (χ0n) is 15.1. The summed E-state index contributed by atoms with van der Waals surface area (Å²) >= 11 is 0. The predicted molar refractivity (Wildman–Crippen MR) is 101 cm³/mol. The predicted octanol–water partition coefficient (Wildman–Crippen LogP) is 3.73. The number of hydrogen-bond acceptors (Lipinski definition) is 4. The van der Waals surface area contributed by atoms with Crippen molar-refractivity contribution in [3.63, 3.8) is 0 Å². The van der Waals surface area contributed by atoms with Gasteiger partial charge in [0, 0.05) is 61.2 Å². The van der Waals surface area contributed by atoms with Gasteiger partial charge >= 0.3 is 0 Å². The third-order valence-corrected chi connectivity index (χ3v) is 5.90. The van der Waals surface area contributed by atoms with Crippen molar-refractivity contribution in [1.82, 2.24) is 24.5 Å². The van der Waals surface area contributed by atoms with Crippen molar-refractivity contribution < 1.29 is 0 Å². The van der Waals surface area contributed by atoms with E-state index in [0.717, 1.165) is 31.9 Å². The summed E-state index contributed by atoms with van der Waals surface area (Å²) in [4.78, 5) is 12.2. The van der Waals surface area contributed by atoms with Crippen LogP contribution in [0.25, 0.3) is 5.52 Å². The van der Waals surface area contributed by atoms with Crippen LogP contribution in [0.4, 0.5) is 0 Å². The largest absolute Gasteiger partial charge is 0.294 e. The maximum atomic E-state index is 4.96. The summed E-state index contributed by atoms with van der Waals surface area (Å²) in [6, 6.07) is 6.23. The first-order valence-electron chi connectivity index (χ1n) is 9.85. The Balaban J connectivity index is 1.32. The molecular weight excluding hydrogens is 322 g/mol. The Morgan fingerprint density at radius 1 is 1.08 bits per heavy atom. The van der Waals surface area contributed by atoms with Crippen LogP contribution in [0.2, 0.25) is 0 Å². The van der Waals surface area contributed by atoms with Gasteiger partial charge < -0.3 is 0 Å². The molecule has 1 fully saturated rings. The molecule has 0 atom stereocenters. The highest BCUT2D eigenvalue weighted by Crippen LogP contribution is 2.31. The zero-order chi connectivity index (χ0) is 17.3. The van der Waals surface area contributed by atoms with Crippen LogP contribution in [0, 0.1) is 0 Å². The Morgan fingerprint density at radius 2 is 2.00 bits per heavy atom. The monoisotopic (exact) mass is 347 g/mol. The number of pyridine rings is 1. The molecule has 1 aliphatic heterocycles. The standard InChI is InChI=1S/C21H25N5/c1-2-6-16(7-3-1)21-22-12-17-14-25(11-9-19(17)24-21)15-18-13-23-26-10-5-4-8-20(18)26/h4-5,8,10,12-13,16H,1-3,6-7,9,11,14-15H2. The Labute approximate surface area is 154 Å². The SMILES string of the molecule is c1ccn2ncc(CN3CCc4nc(C5CCCCC5)ncc4C3)c2c1. The number of fused-ring (bicyclic) bond motifs is 2. The minimum absolute atomic E-state index is 0.589. The van der Waals surface area contributed by atoms with Crippen molar-refractivity contribution in [2.75, 3.05) is 6.54 Å². The molecule has 26 heavy (non-hydrogen) atoms. The fourth-order valence-electron chi connectivity index (χ4n) is 4.43. The topological polar surface area (TPSA) is 46.3 Å². The maximum absolute atomic E-state index is 4.96. The second-order valence-corrected chi connectivity index (χ2v) is 7.70. The van der Waals surface area contributed by atoms with Gasteiger partial charge in [-0.05, 0) is 25.0 Å². The van der Waals surface area contributed by atoms with E-state index in [1.807, 2.05) is 23.0 Å². The van der Waals surface area contributed by atoms with E-state index in [0.29, 0.717) is 5.92 Å². The number of hydrogen-bond donors (Lipinski definition) is 0. The summed E-state index contributed by atoms with van der Waals surface area (Å²) in [5.41, 5.74) is 5.06. The summed E-state index contributed by atoms with van der Waals surface area (Å²) in [6.45, 7) is 2.92. The summed E-state index contributed by atoms with van der Waals surface area (Å²) in [7, 11) is 0. The molecule has 1 saturated carbocycles. The van der Waals surface area contributed by atoms with Crippen LogP contribution in [0.5, 0.6) is 0 Å². The minimum atomic E-state index is 0.589. The lowest BCUT2D eigenvalue weighted by Gasteiger charge is -2.28. The lowest BCUT2D eigenvalue weighted by atomic mass is 9.88. The number of nitrogens with zero attached hydrogens (tertiary/aromatic N) is 5. The normalized spacial score (nSPS) is 18.9. The molecule has 1 aliphatic carbocycles. The van der Waals surface area contributed by atoms with Crippen molar-refractivity contribution >= 4 is 5.52 Å². The van der Waals surface area contributed by atoms with Gasteiger partial charge in [0.1, 0.15) is 5.82 Å². The molecule has 0 spiro atoms. The summed E-state index contributed by atoms with van der Waals surface area (Å²) in [6.07, 6.45) is 13.7. The zero-order valence-corrected chi connectivity index (χ0v) is 15.1. The molecule has 3 aromatic heterocycles. The lowest BCUT2D eigenvalue weighted by molar-refractivity contribution is 0.243. The molecule has 4 heterocycles. The molecule has 134 valence electrons. The molecule has 0 amide bonds. The van der Waals surface area contributed by atoms with E-state index in [4.69, 9.17) is 9.97 Å². The third kappa shape index (κ3) is 3.01. The van der Waals surface area contributed by atoms with Gasteiger partial charge in [0.25, 0.3) is 0 Å². The first kappa shape index (κ1) is 15.9. The van der Waals surface area contributed by atoms with Crippen LogP contribution in [0.15, 0.2) is 36.8 Å². The summed E-state index contributed by atoms with van der Waals surface area (Å²) in [5.74, 6) is 1.69. The molecule has 3 aromatic rings. The van der Waals surface area contributed by atoms with E-state index >= 15 is 0 Å². The molecule has 5 nitrogen and oxygen atoms in total. The van der Waals surface area contributed by atoms with Gasteiger partial charge in [-0.3, -0.25) is 4.90 Å². The highest BCUT2D eigenvalue weighted by Gasteiger charge is 2.23. The van der Waals surface area contributed by atoms with E-state index in [-0.39, 0.29) is 0 Å². The van der Waals surface area contributed by atoms with Crippen LogP contribution < -0.4 is 0 Å². The van der Waals surface area contributed by atoms with Crippen molar-refractivity contribution in [3.05, 3.63) is 59.4 Å². The van der Waals surface area contributed by atoms with Gasteiger partial charge in [-0.1, -0.05) is 25.3 Å². The maximum Gasteiger partial charge on any atom is 0.131 e. The van der Waals surface area contributed by atoms with Crippen molar-refractivity contribution in [2.24, 2.45) is 0 Å². The Kier molecular flexibility index (Phi) is 4.17. The summed E-state index contributed by atoms with van der Waals surface area (Å²) in [5, 5.41) is 4.46. The smallest absolute Gasteiger partial charge is 0.131 e. The van der Waals surface area contributed by atoms with Gasteiger partial charge in [0.2, 0.25) is 0 Å². The van der Waals surface area contributed by atoms with Gasteiger partial charge in [-0.25, -0.2) is 14.5 Å². The Bertz CT molecular complexity index is 910. The van der Waals surface area contributed by atoms with Crippen LogP contribution in [-0.2, 0) is 19.5 Å². The van der Waals surface area contributed by atoms with Crippen molar-refractivity contribution in [2.45, 2.75) is 57.5 Å². The first-order valence-corrected chi connectivity index (χ1v) is 9.85. The van der Waals surface area contributed by atoms with Gasteiger partial charge in [0.05, 0.1) is 11.7 Å². The van der Waals surface area contributed by atoms with Crippen LogP contribution >= 0.6 is 0 Å². The van der Waals surface area contributed by atoms with E-state index < -0.39 is 0 Å². The lowest BCUT2D eigenvalue weighted by Crippen LogP contribution is -2.31. The highest BCUT2D eigenvalue weighted by atomic mass is 15.2. The molecule has 2 aliphatic rings. The summed E-state index contributed by atoms with van der Waals surface area (Å²) < 4.78 is 1.95. The minimum Gasteiger partial charge on any atom is -0.294 e. The molecule has 5 heteroatoms. The third-order valence-electron chi connectivity index (χ3n) is 5.90. The molecule has 0 radical (unpaired) electrons. The second kappa shape index (κ2) is 6.80. The second-order valence-electron chi connectivity index (χ2n) is 7.70. The molecular formula is C21H25N5. The van der Waals surface area contributed by atoms with E-state index in [2.05, 4.69) is 28.3 Å². The number of rotatable bonds is 3. The Morgan fingerprint density at radius 3 is 2.92 bits per heavy atom. The molecule has 0 N–H and O–H groups in total. The average molecular weight is 347 g/mol. The van der Waals surface area contributed by atoms with E-state index in [1.54, 1.807) is 0 Å². The van der Waals surface area contributed by atoms with Crippen LogP contribution in [0.3, 0.4) is 0 Å². The Hall–Kier alpha value is -2.27. The van der Waals surface area contributed by atoms with Gasteiger partial charge in [-0.15, -0.1) is 0 Å². The highest BCUT2D eigenvalue weighted by molar-refractivity contribution is 5.53. The van der Waals surface area contributed by atoms with Gasteiger partial charge in [0.15, 0.2) is 0 Å². The quantitative estimate of drug-likeness (QED) is 0.724. The number of aromatic nitrogens is 4. The van der Waals surface area contributed by atoms with Crippen molar-refractivity contribution in [3.8, 4) is 0 Å². The van der Waals surface area contributed by atoms with E-state index in [9.17, 15) is 0 Å². The molecule has 0 unspecified atom stereocenters. The molecule has 0 bridgehead atoms. The van der Waals surface area contributed by atoms with Crippen LogP contribution in [-0.4, -0.2) is 31.0 Å². The first-order chi connectivity index (χ1) is 12.9. The average Bonchev–Trinajstić information content (AvgIpc) is 3.11. The van der Waals surface area contributed by atoms with Crippen molar-refractivity contribution in [1.29, 1.82) is 0 Å². The fraction of sp³-hybridized carbons (Fsp3) is 0.476.